The summed E-state index contributed by atoms with van der Waals surface area (Å²) in [6, 6.07) is 0. The SMILES string of the molecule is O=S1(=O)CCNCC1CCBr. The molecule has 1 N–H and O–H groups in total. The molecule has 1 unspecified atom stereocenters. The zero-order chi connectivity index (χ0) is 8.32. The van der Waals surface area contributed by atoms with Gasteiger partial charge in [-0.15, -0.1) is 0 Å². The first kappa shape index (κ1) is 9.48. The van der Waals surface area contributed by atoms with E-state index in [-0.39, 0.29) is 5.25 Å². The number of hydrogen-bond donors (Lipinski definition) is 1. The number of alkyl halides is 1. The molecule has 11 heavy (non-hydrogen) atoms. The molecule has 5 heteroatoms. The van der Waals surface area contributed by atoms with Gasteiger partial charge in [0.15, 0.2) is 9.84 Å². The molecule has 0 saturated carbocycles. The molecule has 0 amide bonds. The summed E-state index contributed by atoms with van der Waals surface area (Å²) in [5, 5.41) is 3.67. The van der Waals surface area contributed by atoms with Crippen LogP contribution in [0.5, 0.6) is 0 Å². The van der Waals surface area contributed by atoms with Gasteiger partial charge in [-0.3, -0.25) is 0 Å². The predicted molar refractivity (Wildman–Crippen MR) is 48.9 cm³/mol. The molecule has 1 fully saturated rings. The highest BCUT2D eigenvalue weighted by Crippen LogP contribution is 2.10. The lowest BCUT2D eigenvalue weighted by Crippen LogP contribution is -2.44. The number of sulfone groups is 1. The highest BCUT2D eigenvalue weighted by molar-refractivity contribution is 9.09. The molecule has 0 aromatic heterocycles. The number of hydrogen-bond acceptors (Lipinski definition) is 3. The zero-order valence-corrected chi connectivity index (χ0v) is 8.62. The summed E-state index contributed by atoms with van der Waals surface area (Å²) in [5.41, 5.74) is 0. The fourth-order valence-electron chi connectivity index (χ4n) is 1.17. The molecule has 0 aromatic rings. The van der Waals surface area contributed by atoms with E-state index < -0.39 is 9.84 Å². The van der Waals surface area contributed by atoms with E-state index in [1.165, 1.54) is 0 Å². The Kier molecular flexibility index (Phi) is 3.33. The lowest BCUT2D eigenvalue weighted by Gasteiger charge is -2.22. The third kappa shape index (κ3) is 2.42. The van der Waals surface area contributed by atoms with E-state index in [1.807, 2.05) is 0 Å². The van der Waals surface area contributed by atoms with Gasteiger partial charge in [0.25, 0.3) is 0 Å². The van der Waals surface area contributed by atoms with Crippen LogP contribution in [0, 0.1) is 0 Å². The molecule has 3 nitrogen and oxygen atoms in total. The van der Waals surface area contributed by atoms with Crippen LogP contribution in [-0.4, -0.2) is 37.8 Å². The van der Waals surface area contributed by atoms with Gasteiger partial charge in [0.1, 0.15) is 0 Å². The largest absolute Gasteiger partial charge is 0.314 e. The van der Waals surface area contributed by atoms with Crippen molar-refractivity contribution in [3.05, 3.63) is 0 Å². The van der Waals surface area contributed by atoms with Crippen molar-refractivity contribution in [2.45, 2.75) is 11.7 Å². The van der Waals surface area contributed by atoms with Crippen LogP contribution >= 0.6 is 15.9 Å². The van der Waals surface area contributed by atoms with Gasteiger partial charge in [-0.2, -0.15) is 0 Å². The summed E-state index contributed by atoms with van der Waals surface area (Å²) < 4.78 is 22.6. The fraction of sp³-hybridized carbons (Fsp3) is 1.00. The highest BCUT2D eigenvalue weighted by atomic mass is 79.9. The molecule has 1 heterocycles. The highest BCUT2D eigenvalue weighted by Gasteiger charge is 2.27. The van der Waals surface area contributed by atoms with Gasteiger partial charge >= 0.3 is 0 Å². The van der Waals surface area contributed by atoms with E-state index >= 15 is 0 Å². The first-order valence-corrected chi connectivity index (χ1v) is 6.49. The molecule has 1 saturated heterocycles. The molecule has 0 bridgehead atoms. The summed E-state index contributed by atoms with van der Waals surface area (Å²) >= 11 is 3.24. The molecular formula is C6H12BrNO2S. The Morgan fingerprint density at radius 2 is 2.27 bits per heavy atom. The van der Waals surface area contributed by atoms with Crippen LogP contribution in [0.3, 0.4) is 0 Å². The third-order valence-corrected chi connectivity index (χ3v) is 4.52. The number of nitrogens with one attached hydrogen (secondary N) is 1. The van der Waals surface area contributed by atoms with Gasteiger partial charge in [-0.25, -0.2) is 8.42 Å². The van der Waals surface area contributed by atoms with E-state index in [4.69, 9.17) is 0 Å². The first-order chi connectivity index (χ1) is 5.17. The van der Waals surface area contributed by atoms with Crippen LogP contribution in [0.25, 0.3) is 0 Å². The van der Waals surface area contributed by atoms with Crippen molar-refractivity contribution in [2.75, 3.05) is 24.2 Å². The Morgan fingerprint density at radius 1 is 1.55 bits per heavy atom. The third-order valence-electron chi connectivity index (χ3n) is 1.87. The molecule has 0 radical (unpaired) electrons. The van der Waals surface area contributed by atoms with Gasteiger partial charge in [0.2, 0.25) is 0 Å². The summed E-state index contributed by atoms with van der Waals surface area (Å²) in [6.07, 6.45) is 0.718. The second-order valence-corrected chi connectivity index (χ2v) is 5.86. The van der Waals surface area contributed by atoms with Crippen LogP contribution in [0.2, 0.25) is 0 Å². The van der Waals surface area contributed by atoms with Crippen molar-refractivity contribution in [2.24, 2.45) is 0 Å². The molecule has 0 aliphatic carbocycles. The van der Waals surface area contributed by atoms with Crippen LogP contribution in [0.15, 0.2) is 0 Å². The van der Waals surface area contributed by atoms with Crippen molar-refractivity contribution >= 4 is 25.8 Å². The minimum Gasteiger partial charge on any atom is -0.314 e. The average molecular weight is 242 g/mol. The second kappa shape index (κ2) is 3.87. The Bertz CT molecular complexity index is 213. The molecule has 1 rings (SSSR count). The minimum absolute atomic E-state index is 0.171. The lowest BCUT2D eigenvalue weighted by atomic mass is 10.3. The van der Waals surface area contributed by atoms with Gasteiger partial charge in [0, 0.05) is 18.4 Å². The lowest BCUT2D eigenvalue weighted by molar-refractivity contribution is 0.542. The normalized spacial score (nSPS) is 30.1. The maximum atomic E-state index is 11.3. The maximum absolute atomic E-state index is 11.3. The number of rotatable bonds is 2. The van der Waals surface area contributed by atoms with E-state index in [0.717, 1.165) is 11.8 Å². The quantitative estimate of drug-likeness (QED) is 0.701. The zero-order valence-electron chi connectivity index (χ0n) is 6.22. The van der Waals surface area contributed by atoms with E-state index in [2.05, 4.69) is 21.2 Å². The molecule has 66 valence electrons. The van der Waals surface area contributed by atoms with Crippen molar-refractivity contribution in [3.63, 3.8) is 0 Å². The Hall–Kier alpha value is 0.390. The van der Waals surface area contributed by atoms with Gasteiger partial charge in [-0.1, -0.05) is 15.9 Å². The topological polar surface area (TPSA) is 46.2 Å². The van der Waals surface area contributed by atoms with Crippen molar-refractivity contribution in [3.8, 4) is 0 Å². The van der Waals surface area contributed by atoms with Crippen molar-refractivity contribution in [1.82, 2.24) is 5.32 Å². The van der Waals surface area contributed by atoms with Crippen LogP contribution in [0.1, 0.15) is 6.42 Å². The minimum atomic E-state index is -2.78. The van der Waals surface area contributed by atoms with Crippen molar-refractivity contribution < 1.29 is 8.42 Å². The molecular weight excluding hydrogens is 230 g/mol. The Labute approximate surface area is 75.6 Å². The smallest absolute Gasteiger partial charge is 0.155 e. The van der Waals surface area contributed by atoms with Gasteiger partial charge < -0.3 is 5.32 Å². The van der Waals surface area contributed by atoms with Crippen LogP contribution in [-0.2, 0) is 9.84 Å². The Balaban J connectivity index is 2.60. The van der Waals surface area contributed by atoms with Crippen molar-refractivity contribution in [1.29, 1.82) is 0 Å². The first-order valence-electron chi connectivity index (χ1n) is 3.65. The fourth-order valence-corrected chi connectivity index (χ4v) is 3.64. The molecule has 0 spiro atoms. The summed E-state index contributed by atoms with van der Waals surface area (Å²) in [7, 11) is -2.78. The Morgan fingerprint density at radius 3 is 2.82 bits per heavy atom. The van der Waals surface area contributed by atoms with E-state index in [1.54, 1.807) is 0 Å². The molecule has 1 aliphatic rings. The predicted octanol–water partition coefficient (Wildman–Crippen LogP) is 0.158. The standard InChI is InChI=1S/C6H12BrNO2S/c7-2-1-6-5-8-3-4-11(6,9)10/h6,8H,1-5H2. The summed E-state index contributed by atoms with van der Waals surface area (Å²) in [6.45, 7) is 1.23. The van der Waals surface area contributed by atoms with E-state index in [9.17, 15) is 8.42 Å². The summed E-state index contributed by atoms with van der Waals surface area (Å²) in [5.74, 6) is 0.296. The van der Waals surface area contributed by atoms with E-state index in [0.29, 0.717) is 18.8 Å². The monoisotopic (exact) mass is 241 g/mol. The maximum Gasteiger partial charge on any atom is 0.155 e. The molecule has 1 aliphatic heterocycles. The number of halogens is 1. The molecule has 0 aromatic carbocycles. The average Bonchev–Trinajstić information content (AvgIpc) is 1.94. The molecule has 1 atom stereocenters. The second-order valence-electron chi connectivity index (χ2n) is 2.67. The summed E-state index contributed by atoms with van der Waals surface area (Å²) in [4.78, 5) is 0. The van der Waals surface area contributed by atoms with Gasteiger partial charge in [-0.05, 0) is 6.42 Å². The van der Waals surface area contributed by atoms with Gasteiger partial charge in [0.05, 0.1) is 11.0 Å². The van der Waals surface area contributed by atoms with Crippen LogP contribution in [0.4, 0.5) is 0 Å². The van der Waals surface area contributed by atoms with Crippen LogP contribution < -0.4 is 5.32 Å².